The summed E-state index contributed by atoms with van der Waals surface area (Å²) in [5.74, 6) is 0.300. The normalized spacial score (nSPS) is 16.7. The Balaban J connectivity index is 1.47. The molecular weight excluding hydrogens is 563 g/mol. The van der Waals surface area contributed by atoms with Crippen LogP contribution in [0.3, 0.4) is 0 Å². The van der Waals surface area contributed by atoms with E-state index < -0.39 is 5.82 Å². The molecule has 12 nitrogen and oxygen atoms in total. The second-order valence-electron chi connectivity index (χ2n) is 11.1. The number of piperazine rings is 1. The second kappa shape index (κ2) is 13.2. The minimum Gasteiger partial charge on any atom is -0.421 e. The summed E-state index contributed by atoms with van der Waals surface area (Å²) in [4.78, 5) is 36.3. The maximum atomic E-state index is 15.4. The van der Waals surface area contributed by atoms with Gasteiger partial charge < -0.3 is 24.8 Å². The van der Waals surface area contributed by atoms with Gasteiger partial charge in [0.25, 0.3) is 0 Å². The number of nitrogens with zero attached hydrogens (tertiary/aromatic N) is 9. The van der Waals surface area contributed by atoms with E-state index in [0.717, 1.165) is 18.8 Å². The van der Waals surface area contributed by atoms with Crippen molar-refractivity contribution in [1.29, 1.82) is 0 Å². The summed E-state index contributed by atoms with van der Waals surface area (Å²) < 4.78 is 22.9. The van der Waals surface area contributed by atoms with Crippen molar-refractivity contribution in [2.75, 3.05) is 43.9 Å². The summed E-state index contributed by atoms with van der Waals surface area (Å²) in [5, 5.41) is 7.68. The van der Waals surface area contributed by atoms with Gasteiger partial charge in [0.2, 0.25) is 11.9 Å². The van der Waals surface area contributed by atoms with Crippen LogP contribution in [0.25, 0.3) is 11.1 Å². The molecule has 3 aromatic heterocycles. The molecule has 1 saturated heterocycles. The smallest absolute Gasteiger partial charge is 0.322 e. The number of likely N-dealkylation sites (N-methyl/N-ethyl adjacent to an activating group) is 1. The molecule has 1 aromatic carbocycles. The highest BCUT2D eigenvalue weighted by atomic mass is 19.1. The number of aryl methyl sites for hydroxylation is 1. The molecule has 5 rings (SSSR count). The van der Waals surface area contributed by atoms with Crippen LogP contribution in [-0.4, -0.2) is 91.2 Å². The number of carbonyl (C=O) groups excluding carboxylic acids is 1. The lowest BCUT2D eigenvalue weighted by molar-refractivity contribution is -0.128. The summed E-state index contributed by atoms with van der Waals surface area (Å²) in [6, 6.07) is 6.30. The van der Waals surface area contributed by atoms with Crippen LogP contribution in [0.4, 0.5) is 21.8 Å². The van der Waals surface area contributed by atoms with Gasteiger partial charge in [-0.25, -0.2) is 19.3 Å². The fourth-order valence-electron chi connectivity index (χ4n) is 5.01. The zero-order valence-corrected chi connectivity index (χ0v) is 25.6. The first-order valence-corrected chi connectivity index (χ1v) is 14.4. The minimum atomic E-state index is -0.575. The van der Waals surface area contributed by atoms with Gasteiger partial charge >= 0.3 is 6.01 Å². The zero-order chi connectivity index (χ0) is 31.4. The van der Waals surface area contributed by atoms with Crippen molar-refractivity contribution >= 4 is 23.4 Å². The van der Waals surface area contributed by atoms with Gasteiger partial charge in [-0.1, -0.05) is 12.6 Å². The number of benzene rings is 1. The molecular formula is C31H37FN10O2. The van der Waals surface area contributed by atoms with Crippen molar-refractivity contribution in [1.82, 2.24) is 39.5 Å². The summed E-state index contributed by atoms with van der Waals surface area (Å²) in [6.45, 7) is 12.1. The molecule has 1 aliphatic rings. The largest absolute Gasteiger partial charge is 0.421 e. The Morgan fingerprint density at radius 2 is 1.98 bits per heavy atom. The lowest BCUT2D eigenvalue weighted by atomic mass is 10.0. The highest BCUT2D eigenvalue weighted by molar-refractivity contribution is 5.87. The predicted octanol–water partition coefficient (Wildman–Crippen LogP) is 4.29. The zero-order valence-electron chi connectivity index (χ0n) is 25.6. The SMILES string of the molecule is C=CC(=O)N1C[C@H](C)N(c2nc(Nc3cnn(CCN(C)C)c3)ncc2-c2ccc(Oc3nccc(C)n3)c(F)c2)C[C@H]1C. The first-order valence-electron chi connectivity index (χ1n) is 14.4. The monoisotopic (exact) mass is 600 g/mol. The average molecular weight is 601 g/mol. The third kappa shape index (κ3) is 7.00. The number of carbonyl (C=O) groups is 1. The Morgan fingerprint density at radius 3 is 2.70 bits per heavy atom. The van der Waals surface area contributed by atoms with E-state index in [1.54, 1.807) is 48.6 Å². The Bertz CT molecular complexity index is 1640. The number of rotatable bonds is 10. The van der Waals surface area contributed by atoms with Gasteiger partial charge in [0.15, 0.2) is 11.6 Å². The Kier molecular flexibility index (Phi) is 9.14. The molecule has 0 radical (unpaired) electrons. The number of halogens is 1. The van der Waals surface area contributed by atoms with Crippen LogP contribution >= 0.6 is 0 Å². The fourth-order valence-corrected chi connectivity index (χ4v) is 5.01. The van der Waals surface area contributed by atoms with E-state index in [1.165, 1.54) is 12.1 Å². The van der Waals surface area contributed by atoms with Crippen molar-refractivity contribution in [2.24, 2.45) is 0 Å². The molecule has 0 aliphatic carbocycles. The van der Waals surface area contributed by atoms with Crippen LogP contribution in [0.2, 0.25) is 0 Å². The third-order valence-corrected chi connectivity index (χ3v) is 7.37. The lowest BCUT2D eigenvalue weighted by Crippen LogP contribution is -2.58. The lowest BCUT2D eigenvalue weighted by Gasteiger charge is -2.44. The number of aromatic nitrogens is 6. The van der Waals surface area contributed by atoms with Gasteiger partial charge in [-0.15, -0.1) is 0 Å². The topological polar surface area (TPSA) is 117 Å². The molecule has 1 N–H and O–H groups in total. The predicted molar refractivity (Wildman–Crippen MR) is 167 cm³/mol. The van der Waals surface area contributed by atoms with Crippen molar-refractivity contribution in [3.8, 4) is 22.9 Å². The van der Waals surface area contributed by atoms with Crippen molar-refractivity contribution < 1.29 is 13.9 Å². The van der Waals surface area contributed by atoms with Gasteiger partial charge in [0.1, 0.15) is 5.82 Å². The third-order valence-electron chi connectivity index (χ3n) is 7.37. The van der Waals surface area contributed by atoms with Crippen LogP contribution in [0.5, 0.6) is 11.8 Å². The molecule has 1 fully saturated rings. The van der Waals surface area contributed by atoms with E-state index >= 15 is 4.39 Å². The summed E-state index contributed by atoms with van der Waals surface area (Å²) in [6.07, 6.45) is 8.20. The molecule has 0 saturated carbocycles. The van der Waals surface area contributed by atoms with E-state index in [9.17, 15) is 4.79 Å². The molecule has 0 spiro atoms. The summed E-state index contributed by atoms with van der Waals surface area (Å²) in [5.41, 5.74) is 2.66. The maximum Gasteiger partial charge on any atom is 0.322 e. The maximum absolute atomic E-state index is 15.4. The summed E-state index contributed by atoms with van der Waals surface area (Å²) in [7, 11) is 4.03. The number of nitrogens with one attached hydrogen (secondary N) is 1. The van der Waals surface area contributed by atoms with E-state index in [0.29, 0.717) is 41.7 Å². The molecule has 4 aromatic rings. The Labute approximate surface area is 256 Å². The van der Waals surface area contributed by atoms with Crippen molar-refractivity contribution in [2.45, 2.75) is 39.4 Å². The molecule has 0 unspecified atom stereocenters. The number of ether oxygens (including phenoxy) is 1. The van der Waals surface area contributed by atoms with Crippen LogP contribution < -0.4 is 15.0 Å². The molecule has 0 bridgehead atoms. The quantitative estimate of drug-likeness (QED) is 0.264. The number of amides is 1. The highest BCUT2D eigenvalue weighted by Gasteiger charge is 2.33. The van der Waals surface area contributed by atoms with Crippen LogP contribution in [0, 0.1) is 12.7 Å². The van der Waals surface area contributed by atoms with Gasteiger partial charge in [0, 0.05) is 61.6 Å². The number of hydrogen-bond donors (Lipinski definition) is 1. The number of hydrogen-bond acceptors (Lipinski definition) is 10. The van der Waals surface area contributed by atoms with Gasteiger partial charge in [-0.3, -0.25) is 9.48 Å². The van der Waals surface area contributed by atoms with E-state index in [2.05, 4.69) is 41.7 Å². The standard InChI is InChI=1S/C31H37FN10O2/c1-7-28(43)41-17-22(4)42(18-21(41)3)29-25(16-34-30(38-29)37-24-15-35-40(19-24)13-12-39(5)6)23-8-9-27(26(32)14-23)44-31-33-11-10-20(2)36-31/h7-11,14-16,19,21-22H,1,12-13,17-18H2,2-6H3,(H,34,37,38)/t21-,22+/m1/s1. The molecule has 230 valence electrons. The number of anilines is 3. The molecule has 13 heteroatoms. The first-order chi connectivity index (χ1) is 21.1. The molecule has 1 aliphatic heterocycles. The first kappa shape index (κ1) is 30.5. The minimum absolute atomic E-state index is 0.00456. The van der Waals surface area contributed by atoms with E-state index in [-0.39, 0.29) is 29.8 Å². The Hall–Kier alpha value is -4.91. The van der Waals surface area contributed by atoms with Gasteiger partial charge in [-0.2, -0.15) is 10.1 Å². The average Bonchev–Trinajstić information content (AvgIpc) is 3.45. The molecule has 4 heterocycles. The Morgan fingerprint density at radius 1 is 1.16 bits per heavy atom. The van der Waals surface area contributed by atoms with Crippen molar-refractivity contribution in [3.63, 3.8) is 0 Å². The van der Waals surface area contributed by atoms with Crippen LogP contribution in [0.1, 0.15) is 19.5 Å². The van der Waals surface area contributed by atoms with Gasteiger partial charge in [-0.05, 0) is 64.7 Å². The summed E-state index contributed by atoms with van der Waals surface area (Å²) >= 11 is 0. The highest BCUT2D eigenvalue weighted by Crippen LogP contribution is 2.35. The molecule has 1 amide bonds. The fraction of sp³-hybridized carbons (Fsp3) is 0.355. The van der Waals surface area contributed by atoms with Crippen LogP contribution in [0.15, 0.2) is 61.7 Å². The second-order valence-corrected chi connectivity index (χ2v) is 11.1. The van der Waals surface area contributed by atoms with E-state index in [4.69, 9.17) is 9.72 Å². The molecule has 44 heavy (non-hydrogen) atoms. The van der Waals surface area contributed by atoms with Crippen molar-refractivity contribution in [3.05, 3.63) is 73.2 Å². The van der Waals surface area contributed by atoms with Crippen LogP contribution in [-0.2, 0) is 11.3 Å². The van der Waals surface area contributed by atoms with E-state index in [1.807, 2.05) is 38.8 Å². The molecule has 2 atom stereocenters. The van der Waals surface area contributed by atoms with Gasteiger partial charge in [0.05, 0.1) is 18.4 Å².